The van der Waals surface area contributed by atoms with Crippen LogP contribution in [0.25, 0.3) is 6.08 Å². The van der Waals surface area contributed by atoms with Crippen LogP contribution < -0.4 is 15.2 Å². The van der Waals surface area contributed by atoms with E-state index in [1.54, 1.807) is 31.4 Å². The molecule has 23 heavy (non-hydrogen) atoms. The molecule has 2 aromatic carbocycles. The second-order valence-corrected chi connectivity index (χ2v) is 5.08. The van der Waals surface area contributed by atoms with E-state index in [0.717, 1.165) is 11.1 Å². The molecule has 0 aromatic heterocycles. The topological polar surface area (TPSA) is 61.5 Å². The molecule has 4 nitrogen and oxygen atoms in total. The molecule has 2 aromatic rings. The van der Waals surface area contributed by atoms with Gasteiger partial charge in [0.25, 0.3) is 0 Å². The van der Waals surface area contributed by atoms with Crippen LogP contribution in [-0.4, -0.2) is 13.0 Å². The lowest BCUT2D eigenvalue weighted by Gasteiger charge is -2.12. The summed E-state index contributed by atoms with van der Waals surface area (Å²) in [6.45, 7) is 0.173. The van der Waals surface area contributed by atoms with Gasteiger partial charge in [0.1, 0.15) is 23.9 Å². The summed E-state index contributed by atoms with van der Waals surface area (Å²) in [5.74, 6) is 0.0305. The average Bonchev–Trinajstić information content (AvgIpc) is 2.52. The van der Waals surface area contributed by atoms with Crippen molar-refractivity contribution in [3.8, 4) is 11.5 Å². The van der Waals surface area contributed by atoms with E-state index in [1.165, 1.54) is 24.3 Å². The zero-order chi connectivity index (χ0) is 16.8. The van der Waals surface area contributed by atoms with Gasteiger partial charge in [-0.15, -0.1) is 0 Å². The number of primary amides is 1. The number of benzene rings is 2. The normalized spacial score (nSPS) is 10.7. The minimum atomic E-state index is -0.531. The first-order valence-electron chi connectivity index (χ1n) is 6.72. The number of amides is 1. The number of carbonyl (C=O) groups excluding carboxylic acids is 1. The Morgan fingerprint density at radius 3 is 2.65 bits per heavy atom. The summed E-state index contributed by atoms with van der Waals surface area (Å²) in [5, 5.41) is 0.189. The summed E-state index contributed by atoms with van der Waals surface area (Å²) in [6.07, 6.45) is 2.86. The standard InChI is InChI=1S/C17H15ClFNO3/c1-22-15-5-2-11(3-7-17(20)21)8-12(15)10-23-16-6-4-13(19)9-14(16)18/h2-9H,10H2,1H3,(H2,20,21)/b7-3-. The number of methoxy groups -OCH3 is 1. The minimum absolute atomic E-state index is 0.173. The van der Waals surface area contributed by atoms with E-state index in [4.69, 9.17) is 26.8 Å². The maximum Gasteiger partial charge on any atom is 0.241 e. The van der Waals surface area contributed by atoms with Gasteiger partial charge in [-0.05, 0) is 42.0 Å². The Labute approximate surface area is 138 Å². The lowest BCUT2D eigenvalue weighted by atomic mass is 10.1. The molecule has 0 saturated carbocycles. The van der Waals surface area contributed by atoms with Crippen molar-refractivity contribution < 1.29 is 18.7 Å². The Morgan fingerprint density at radius 2 is 2.00 bits per heavy atom. The van der Waals surface area contributed by atoms with E-state index in [0.29, 0.717) is 11.5 Å². The van der Waals surface area contributed by atoms with Gasteiger partial charge in [0.2, 0.25) is 5.91 Å². The molecule has 0 spiro atoms. The van der Waals surface area contributed by atoms with Crippen LogP contribution in [0.4, 0.5) is 4.39 Å². The van der Waals surface area contributed by atoms with E-state index in [2.05, 4.69) is 0 Å². The van der Waals surface area contributed by atoms with Gasteiger partial charge >= 0.3 is 0 Å². The molecule has 2 rings (SSSR count). The molecule has 0 aliphatic rings. The first kappa shape index (κ1) is 16.8. The molecule has 0 atom stereocenters. The van der Waals surface area contributed by atoms with Gasteiger partial charge in [-0.1, -0.05) is 17.7 Å². The fraction of sp³-hybridized carbons (Fsp3) is 0.118. The molecule has 0 heterocycles. The highest BCUT2D eigenvalue weighted by Crippen LogP contribution is 2.28. The Bertz CT molecular complexity index is 747. The van der Waals surface area contributed by atoms with Crippen LogP contribution in [-0.2, 0) is 11.4 Å². The second-order valence-electron chi connectivity index (χ2n) is 4.67. The van der Waals surface area contributed by atoms with E-state index >= 15 is 0 Å². The molecule has 0 saturated heterocycles. The van der Waals surface area contributed by atoms with Gasteiger partial charge in [0.05, 0.1) is 12.1 Å². The van der Waals surface area contributed by atoms with Crippen molar-refractivity contribution in [2.24, 2.45) is 5.73 Å². The summed E-state index contributed by atoms with van der Waals surface area (Å²) < 4.78 is 23.9. The quantitative estimate of drug-likeness (QED) is 0.821. The zero-order valence-electron chi connectivity index (χ0n) is 12.4. The van der Waals surface area contributed by atoms with Gasteiger partial charge < -0.3 is 15.2 Å². The Kier molecular flexibility index (Phi) is 5.60. The third-order valence-corrected chi connectivity index (χ3v) is 3.32. The number of nitrogens with two attached hydrogens (primary N) is 1. The maximum absolute atomic E-state index is 13.0. The number of hydrogen-bond acceptors (Lipinski definition) is 3. The number of rotatable bonds is 6. The SMILES string of the molecule is COc1ccc(/C=C\C(N)=O)cc1COc1ccc(F)cc1Cl. The summed E-state index contributed by atoms with van der Waals surface area (Å²) in [4.78, 5) is 10.8. The summed E-state index contributed by atoms with van der Waals surface area (Å²) in [6, 6.07) is 9.25. The van der Waals surface area contributed by atoms with Crippen molar-refractivity contribution >= 4 is 23.6 Å². The Morgan fingerprint density at radius 1 is 1.26 bits per heavy atom. The lowest BCUT2D eigenvalue weighted by Crippen LogP contribution is -2.05. The van der Waals surface area contributed by atoms with Crippen molar-refractivity contribution in [3.05, 3.63) is 64.4 Å². The van der Waals surface area contributed by atoms with Gasteiger partial charge in [-0.25, -0.2) is 4.39 Å². The van der Waals surface area contributed by atoms with Crippen LogP contribution in [0.5, 0.6) is 11.5 Å². The smallest absolute Gasteiger partial charge is 0.241 e. The van der Waals surface area contributed by atoms with Crippen molar-refractivity contribution in [1.82, 2.24) is 0 Å². The third-order valence-electron chi connectivity index (χ3n) is 3.02. The molecule has 6 heteroatoms. The molecule has 0 radical (unpaired) electrons. The van der Waals surface area contributed by atoms with E-state index in [1.807, 2.05) is 0 Å². The van der Waals surface area contributed by atoms with Crippen LogP contribution >= 0.6 is 11.6 Å². The maximum atomic E-state index is 13.0. The number of halogens is 2. The number of ether oxygens (including phenoxy) is 2. The third kappa shape index (κ3) is 4.72. The van der Waals surface area contributed by atoms with Crippen molar-refractivity contribution in [3.63, 3.8) is 0 Å². The highest BCUT2D eigenvalue weighted by atomic mass is 35.5. The molecule has 0 bridgehead atoms. The van der Waals surface area contributed by atoms with Crippen LogP contribution in [0.3, 0.4) is 0 Å². The first-order valence-corrected chi connectivity index (χ1v) is 7.09. The number of carbonyl (C=O) groups is 1. The van der Waals surface area contributed by atoms with Crippen LogP contribution in [0.1, 0.15) is 11.1 Å². The predicted octanol–water partition coefficient (Wildman–Crippen LogP) is 3.57. The molecule has 0 aliphatic carbocycles. The molecule has 120 valence electrons. The highest BCUT2D eigenvalue weighted by molar-refractivity contribution is 6.32. The van der Waals surface area contributed by atoms with E-state index in [9.17, 15) is 9.18 Å². The summed E-state index contributed by atoms with van der Waals surface area (Å²) in [5.41, 5.74) is 6.60. The monoisotopic (exact) mass is 335 g/mol. The molecule has 1 amide bonds. The molecule has 0 unspecified atom stereocenters. The van der Waals surface area contributed by atoms with E-state index < -0.39 is 11.7 Å². The first-order chi connectivity index (χ1) is 11.0. The van der Waals surface area contributed by atoms with Gasteiger partial charge in [-0.3, -0.25) is 4.79 Å². The van der Waals surface area contributed by atoms with Crippen molar-refractivity contribution in [2.45, 2.75) is 6.61 Å². The Balaban J connectivity index is 2.20. The van der Waals surface area contributed by atoms with Crippen molar-refractivity contribution in [2.75, 3.05) is 7.11 Å². The average molecular weight is 336 g/mol. The van der Waals surface area contributed by atoms with Gasteiger partial charge in [0, 0.05) is 11.6 Å². The summed E-state index contributed by atoms with van der Waals surface area (Å²) >= 11 is 5.93. The molecular weight excluding hydrogens is 321 g/mol. The fourth-order valence-corrected chi connectivity index (χ4v) is 2.16. The molecule has 2 N–H and O–H groups in total. The van der Waals surface area contributed by atoms with Crippen molar-refractivity contribution in [1.29, 1.82) is 0 Å². The predicted molar refractivity (Wildman–Crippen MR) is 87.0 cm³/mol. The highest BCUT2D eigenvalue weighted by Gasteiger charge is 2.08. The zero-order valence-corrected chi connectivity index (χ0v) is 13.1. The Hall–Kier alpha value is -2.53. The van der Waals surface area contributed by atoms with Crippen LogP contribution in [0.15, 0.2) is 42.5 Å². The van der Waals surface area contributed by atoms with Crippen LogP contribution in [0.2, 0.25) is 5.02 Å². The van der Waals surface area contributed by atoms with Gasteiger partial charge in [0.15, 0.2) is 0 Å². The molecular formula is C17H15ClFNO3. The minimum Gasteiger partial charge on any atom is -0.496 e. The number of hydrogen-bond donors (Lipinski definition) is 1. The van der Waals surface area contributed by atoms with Crippen LogP contribution in [0, 0.1) is 5.82 Å². The lowest BCUT2D eigenvalue weighted by molar-refractivity contribution is -0.113. The molecule has 0 fully saturated rings. The fourth-order valence-electron chi connectivity index (χ4n) is 1.94. The summed E-state index contributed by atoms with van der Waals surface area (Å²) in [7, 11) is 1.54. The largest absolute Gasteiger partial charge is 0.496 e. The second kappa shape index (κ2) is 7.65. The van der Waals surface area contributed by atoms with Gasteiger partial charge in [-0.2, -0.15) is 0 Å². The molecule has 0 aliphatic heterocycles. The van der Waals surface area contributed by atoms with E-state index in [-0.39, 0.29) is 11.6 Å².